The third-order valence-electron chi connectivity index (χ3n) is 3.37. The Morgan fingerprint density at radius 2 is 1.40 bits per heavy atom. The largest absolute Gasteiger partial charge is 0.325 e. The van der Waals surface area contributed by atoms with Gasteiger partial charge in [-0.3, -0.25) is 14.5 Å². The number of nitrogens with zero attached hydrogens (tertiary/aromatic N) is 1. The standard InChI is InChI=1S/C18H19Cl2N3O2/c1-12-3-5-13(6-4-12)21-17(24)10-23(2)11-18(25)22-14-7-8-15(19)16(20)9-14/h3-9H,10-11H2,1-2H3,(H,21,24)(H,22,25). The molecule has 0 aromatic heterocycles. The molecule has 0 bridgehead atoms. The van der Waals surface area contributed by atoms with E-state index >= 15 is 0 Å². The van der Waals surface area contributed by atoms with Crippen LogP contribution in [0.1, 0.15) is 5.56 Å². The number of likely N-dealkylation sites (N-methyl/N-ethyl adjacent to an activating group) is 1. The summed E-state index contributed by atoms with van der Waals surface area (Å²) in [7, 11) is 1.70. The maximum atomic E-state index is 12.0. The van der Waals surface area contributed by atoms with E-state index in [-0.39, 0.29) is 24.9 Å². The van der Waals surface area contributed by atoms with E-state index in [0.717, 1.165) is 11.3 Å². The lowest BCUT2D eigenvalue weighted by Crippen LogP contribution is -2.36. The SMILES string of the molecule is Cc1ccc(NC(=O)CN(C)CC(=O)Nc2ccc(Cl)c(Cl)c2)cc1. The number of carbonyl (C=O) groups excluding carboxylic acids is 2. The molecule has 2 amide bonds. The lowest BCUT2D eigenvalue weighted by molar-refractivity contribution is -0.119. The fourth-order valence-corrected chi connectivity index (χ4v) is 2.46. The summed E-state index contributed by atoms with van der Waals surface area (Å²) >= 11 is 11.7. The summed E-state index contributed by atoms with van der Waals surface area (Å²) in [6, 6.07) is 12.4. The Balaban J connectivity index is 1.81. The summed E-state index contributed by atoms with van der Waals surface area (Å²) in [6.07, 6.45) is 0. The van der Waals surface area contributed by atoms with Crippen LogP contribution in [0.3, 0.4) is 0 Å². The van der Waals surface area contributed by atoms with Gasteiger partial charge in [-0.25, -0.2) is 0 Å². The highest BCUT2D eigenvalue weighted by atomic mass is 35.5. The van der Waals surface area contributed by atoms with E-state index in [1.807, 2.05) is 31.2 Å². The maximum Gasteiger partial charge on any atom is 0.238 e. The Bertz CT molecular complexity index is 763. The van der Waals surface area contributed by atoms with Crippen LogP contribution >= 0.6 is 23.2 Å². The van der Waals surface area contributed by atoms with Crippen LogP contribution in [-0.2, 0) is 9.59 Å². The first-order chi connectivity index (χ1) is 11.8. The second kappa shape index (κ2) is 8.85. The molecule has 2 rings (SSSR count). The zero-order valence-corrected chi connectivity index (χ0v) is 15.5. The molecular weight excluding hydrogens is 361 g/mol. The molecule has 0 saturated heterocycles. The molecule has 25 heavy (non-hydrogen) atoms. The van der Waals surface area contributed by atoms with Crippen LogP contribution in [0, 0.1) is 6.92 Å². The van der Waals surface area contributed by atoms with Crippen LogP contribution in [0.25, 0.3) is 0 Å². The molecule has 0 saturated carbocycles. The number of nitrogens with one attached hydrogen (secondary N) is 2. The van der Waals surface area contributed by atoms with Crippen molar-refractivity contribution in [2.45, 2.75) is 6.92 Å². The monoisotopic (exact) mass is 379 g/mol. The van der Waals surface area contributed by atoms with Gasteiger partial charge in [-0.1, -0.05) is 40.9 Å². The van der Waals surface area contributed by atoms with Gasteiger partial charge in [0.1, 0.15) is 0 Å². The van der Waals surface area contributed by atoms with E-state index in [1.54, 1.807) is 30.1 Å². The van der Waals surface area contributed by atoms with Crippen LogP contribution in [0.5, 0.6) is 0 Å². The quantitative estimate of drug-likeness (QED) is 0.801. The number of aryl methyl sites for hydroxylation is 1. The molecule has 7 heteroatoms. The number of amides is 2. The fraction of sp³-hybridized carbons (Fsp3) is 0.222. The molecule has 0 fully saturated rings. The second-order valence-electron chi connectivity index (χ2n) is 5.76. The van der Waals surface area contributed by atoms with E-state index in [1.165, 1.54) is 0 Å². The number of rotatable bonds is 6. The lowest BCUT2D eigenvalue weighted by Gasteiger charge is -2.16. The van der Waals surface area contributed by atoms with Crippen molar-refractivity contribution in [3.8, 4) is 0 Å². The number of anilines is 2. The van der Waals surface area contributed by atoms with Gasteiger partial charge in [-0.05, 0) is 44.3 Å². The highest BCUT2D eigenvalue weighted by Gasteiger charge is 2.11. The summed E-state index contributed by atoms with van der Waals surface area (Å²) in [5, 5.41) is 6.29. The molecule has 0 aliphatic rings. The van der Waals surface area contributed by atoms with Crippen LogP contribution in [0.15, 0.2) is 42.5 Å². The van der Waals surface area contributed by atoms with Gasteiger partial charge in [-0.2, -0.15) is 0 Å². The summed E-state index contributed by atoms with van der Waals surface area (Å²) < 4.78 is 0. The summed E-state index contributed by atoms with van der Waals surface area (Å²) in [5.74, 6) is -0.433. The predicted molar refractivity (Wildman–Crippen MR) is 102 cm³/mol. The summed E-state index contributed by atoms with van der Waals surface area (Å²) in [5.41, 5.74) is 2.40. The van der Waals surface area contributed by atoms with Gasteiger partial charge in [0.15, 0.2) is 0 Å². The molecule has 2 aromatic carbocycles. The van der Waals surface area contributed by atoms with Crippen LogP contribution in [-0.4, -0.2) is 36.9 Å². The van der Waals surface area contributed by atoms with Crippen molar-refractivity contribution < 1.29 is 9.59 Å². The molecule has 5 nitrogen and oxygen atoms in total. The minimum absolute atomic E-state index is 0.0710. The highest BCUT2D eigenvalue weighted by Crippen LogP contribution is 2.24. The number of hydrogen-bond acceptors (Lipinski definition) is 3. The van der Waals surface area contributed by atoms with Crippen LogP contribution < -0.4 is 10.6 Å². The molecule has 0 atom stereocenters. The number of benzene rings is 2. The van der Waals surface area contributed by atoms with E-state index in [4.69, 9.17) is 23.2 Å². The van der Waals surface area contributed by atoms with Gasteiger partial charge in [-0.15, -0.1) is 0 Å². The molecule has 0 aliphatic heterocycles. The molecule has 0 heterocycles. The Morgan fingerprint density at radius 3 is 1.96 bits per heavy atom. The zero-order valence-electron chi connectivity index (χ0n) is 14.0. The molecule has 0 radical (unpaired) electrons. The first kappa shape index (κ1) is 19.2. The molecular formula is C18H19Cl2N3O2. The zero-order chi connectivity index (χ0) is 18.4. The smallest absolute Gasteiger partial charge is 0.238 e. The predicted octanol–water partition coefficient (Wildman–Crippen LogP) is 3.81. The van der Waals surface area contributed by atoms with Crippen LogP contribution in [0.2, 0.25) is 10.0 Å². The Kier molecular flexibility index (Phi) is 6.82. The minimum Gasteiger partial charge on any atom is -0.325 e. The highest BCUT2D eigenvalue weighted by molar-refractivity contribution is 6.42. The fourth-order valence-electron chi connectivity index (χ4n) is 2.16. The molecule has 0 unspecified atom stereocenters. The van der Waals surface area contributed by atoms with Crippen molar-refractivity contribution in [2.24, 2.45) is 0 Å². The second-order valence-corrected chi connectivity index (χ2v) is 6.58. The third kappa shape index (κ3) is 6.38. The van der Waals surface area contributed by atoms with E-state index in [2.05, 4.69) is 10.6 Å². The summed E-state index contributed by atoms with van der Waals surface area (Å²) in [6.45, 7) is 2.15. The van der Waals surface area contributed by atoms with Gasteiger partial charge in [0.05, 0.1) is 23.1 Å². The first-order valence-electron chi connectivity index (χ1n) is 7.63. The van der Waals surface area contributed by atoms with Crippen molar-refractivity contribution in [1.29, 1.82) is 0 Å². The van der Waals surface area contributed by atoms with Crippen molar-refractivity contribution in [3.05, 3.63) is 58.1 Å². The van der Waals surface area contributed by atoms with Gasteiger partial charge < -0.3 is 10.6 Å². The third-order valence-corrected chi connectivity index (χ3v) is 4.10. The number of carbonyl (C=O) groups is 2. The van der Waals surface area contributed by atoms with Gasteiger partial charge in [0.25, 0.3) is 0 Å². The Morgan fingerprint density at radius 1 is 0.880 bits per heavy atom. The molecule has 2 N–H and O–H groups in total. The van der Waals surface area contributed by atoms with Gasteiger partial charge >= 0.3 is 0 Å². The molecule has 132 valence electrons. The van der Waals surface area contributed by atoms with Crippen molar-refractivity contribution in [2.75, 3.05) is 30.8 Å². The normalized spacial score (nSPS) is 10.6. The molecule has 0 aliphatic carbocycles. The van der Waals surface area contributed by atoms with Crippen molar-refractivity contribution in [3.63, 3.8) is 0 Å². The topological polar surface area (TPSA) is 61.4 Å². The first-order valence-corrected chi connectivity index (χ1v) is 8.39. The Labute approximate surface area is 156 Å². The van der Waals surface area contributed by atoms with E-state index in [0.29, 0.717) is 15.7 Å². The van der Waals surface area contributed by atoms with Gasteiger partial charge in [0.2, 0.25) is 11.8 Å². The van der Waals surface area contributed by atoms with Crippen molar-refractivity contribution in [1.82, 2.24) is 4.90 Å². The van der Waals surface area contributed by atoms with E-state index in [9.17, 15) is 9.59 Å². The minimum atomic E-state index is -0.246. The molecule has 2 aromatic rings. The van der Waals surface area contributed by atoms with E-state index < -0.39 is 0 Å². The van der Waals surface area contributed by atoms with Crippen LogP contribution in [0.4, 0.5) is 11.4 Å². The average molecular weight is 380 g/mol. The molecule has 0 spiro atoms. The number of halogens is 2. The van der Waals surface area contributed by atoms with Gasteiger partial charge in [0, 0.05) is 11.4 Å². The van der Waals surface area contributed by atoms with Crippen molar-refractivity contribution >= 4 is 46.4 Å². The maximum absolute atomic E-state index is 12.0. The summed E-state index contributed by atoms with van der Waals surface area (Å²) in [4.78, 5) is 25.7. The lowest BCUT2D eigenvalue weighted by atomic mass is 10.2. The average Bonchev–Trinajstić information content (AvgIpc) is 2.52. The number of hydrogen-bond donors (Lipinski definition) is 2. The Hall–Kier alpha value is -2.08.